The lowest BCUT2D eigenvalue weighted by atomic mass is 10.3. The fourth-order valence-electron chi connectivity index (χ4n) is 1.09. The molecule has 0 spiro atoms. The van der Waals surface area contributed by atoms with Crippen molar-refractivity contribution in [3.05, 3.63) is 18.2 Å². The van der Waals surface area contributed by atoms with E-state index in [2.05, 4.69) is 6.92 Å². The zero-order chi connectivity index (χ0) is 10.4. The molecule has 1 aromatic carbocycles. The number of ether oxygens (including phenoxy) is 2. The standard InChI is InChI=1S/C11H17NO2/c1-3-4-7-14-11-8-9(13-2)5-6-10(11)12/h5-6,8H,3-4,7,12H2,1-2H3. The van der Waals surface area contributed by atoms with Gasteiger partial charge in [-0.3, -0.25) is 0 Å². The first-order valence-electron chi connectivity index (χ1n) is 4.84. The Labute approximate surface area is 84.8 Å². The van der Waals surface area contributed by atoms with E-state index >= 15 is 0 Å². The summed E-state index contributed by atoms with van der Waals surface area (Å²) in [4.78, 5) is 0. The van der Waals surface area contributed by atoms with Crippen molar-refractivity contribution in [1.82, 2.24) is 0 Å². The van der Waals surface area contributed by atoms with Crippen LogP contribution in [-0.4, -0.2) is 13.7 Å². The lowest BCUT2D eigenvalue weighted by Gasteiger charge is -2.09. The van der Waals surface area contributed by atoms with Gasteiger partial charge in [0.2, 0.25) is 0 Å². The molecular weight excluding hydrogens is 178 g/mol. The molecule has 2 N–H and O–H groups in total. The van der Waals surface area contributed by atoms with Crippen LogP contribution in [0.3, 0.4) is 0 Å². The molecule has 0 atom stereocenters. The fourth-order valence-corrected chi connectivity index (χ4v) is 1.09. The van der Waals surface area contributed by atoms with E-state index in [0.717, 1.165) is 18.6 Å². The summed E-state index contributed by atoms with van der Waals surface area (Å²) >= 11 is 0. The predicted octanol–water partition coefficient (Wildman–Crippen LogP) is 2.46. The third-order valence-electron chi connectivity index (χ3n) is 1.98. The van der Waals surface area contributed by atoms with Gasteiger partial charge in [-0.05, 0) is 18.6 Å². The second-order valence-corrected chi connectivity index (χ2v) is 3.11. The summed E-state index contributed by atoms with van der Waals surface area (Å²) in [5, 5.41) is 0. The van der Waals surface area contributed by atoms with E-state index in [1.54, 1.807) is 13.2 Å². The molecule has 0 unspecified atom stereocenters. The minimum absolute atomic E-state index is 0.655. The highest BCUT2D eigenvalue weighted by atomic mass is 16.5. The van der Waals surface area contributed by atoms with Crippen molar-refractivity contribution in [3.8, 4) is 11.5 Å². The monoisotopic (exact) mass is 195 g/mol. The third-order valence-corrected chi connectivity index (χ3v) is 1.98. The molecule has 0 saturated carbocycles. The third kappa shape index (κ3) is 2.83. The second-order valence-electron chi connectivity index (χ2n) is 3.11. The molecule has 0 heterocycles. The average molecular weight is 195 g/mol. The highest BCUT2D eigenvalue weighted by Gasteiger charge is 2.01. The van der Waals surface area contributed by atoms with E-state index in [-0.39, 0.29) is 0 Å². The Morgan fingerprint density at radius 2 is 2.14 bits per heavy atom. The number of methoxy groups -OCH3 is 1. The Kier molecular flexibility index (Phi) is 4.11. The molecule has 3 heteroatoms. The maximum absolute atomic E-state index is 5.75. The van der Waals surface area contributed by atoms with Crippen molar-refractivity contribution in [2.24, 2.45) is 0 Å². The smallest absolute Gasteiger partial charge is 0.145 e. The van der Waals surface area contributed by atoms with Crippen LogP contribution in [0.2, 0.25) is 0 Å². The predicted molar refractivity (Wildman–Crippen MR) is 57.8 cm³/mol. The molecule has 0 saturated heterocycles. The number of nitrogens with two attached hydrogens (primary N) is 1. The molecular formula is C11H17NO2. The minimum Gasteiger partial charge on any atom is -0.497 e. The van der Waals surface area contributed by atoms with Gasteiger partial charge in [-0.15, -0.1) is 0 Å². The number of hydrogen-bond acceptors (Lipinski definition) is 3. The molecule has 0 aromatic heterocycles. The summed E-state index contributed by atoms with van der Waals surface area (Å²) < 4.78 is 10.6. The Balaban J connectivity index is 2.64. The van der Waals surface area contributed by atoms with Crippen molar-refractivity contribution in [3.63, 3.8) is 0 Å². The highest BCUT2D eigenvalue weighted by Crippen LogP contribution is 2.26. The zero-order valence-corrected chi connectivity index (χ0v) is 8.75. The molecule has 14 heavy (non-hydrogen) atoms. The van der Waals surface area contributed by atoms with Crippen LogP contribution in [0.5, 0.6) is 11.5 Å². The topological polar surface area (TPSA) is 44.5 Å². The lowest BCUT2D eigenvalue weighted by Crippen LogP contribution is -2.00. The molecule has 0 bridgehead atoms. The molecule has 0 aliphatic carbocycles. The molecule has 0 aliphatic heterocycles. The molecule has 1 aromatic rings. The molecule has 1 rings (SSSR count). The van der Waals surface area contributed by atoms with Gasteiger partial charge in [0.25, 0.3) is 0 Å². The quantitative estimate of drug-likeness (QED) is 0.579. The van der Waals surface area contributed by atoms with Crippen LogP contribution in [0, 0.1) is 0 Å². The van der Waals surface area contributed by atoms with Crippen LogP contribution < -0.4 is 15.2 Å². The van der Waals surface area contributed by atoms with E-state index < -0.39 is 0 Å². The largest absolute Gasteiger partial charge is 0.497 e. The van der Waals surface area contributed by atoms with Crippen LogP contribution in [0.1, 0.15) is 19.8 Å². The van der Waals surface area contributed by atoms with Gasteiger partial charge >= 0.3 is 0 Å². The van der Waals surface area contributed by atoms with Crippen molar-refractivity contribution >= 4 is 5.69 Å². The van der Waals surface area contributed by atoms with Crippen molar-refractivity contribution in [2.45, 2.75) is 19.8 Å². The summed E-state index contributed by atoms with van der Waals surface area (Å²) in [7, 11) is 1.63. The molecule has 0 amide bonds. The van der Waals surface area contributed by atoms with Gasteiger partial charge in [0.1, 0.15) is 11.5 Å². The summed E-state index contributed by atoms with van der Waals surface area (Å²) in [6.07, 6.45) is 2.15. The number of rotatable bonds is 5. The van der Waals surface area contributed by atoms with Crippen molar-refractivity contribution in [1.29, 1.82) is 0 Å². The Morgan fingerprint density at radius 3 is 2.79 bits per heavy atom. The number of nitrogen functional groups attached to an aromatic ring is 1. The minimum atomic E-state index is 0.655. The number of anilines is 1. The maximum atomic E-state index is 5.75. The molecule has 0 fully saturated rings. The summed E-state index contributed by atoms with van der Waals surface area (Å²) in [5.74, 6) is 1.48. The Bertz CT molecular complexity index is 287. The van der Waals surface area contributed by atoms with Gasteiger partial charge in [0.05, 0.1) is 19.4 Å². The highest BCUT2D eigenvalue weighted by molar-refractivity contribution is 5.55. The Morgan fingerprint density at radius 1 is 1.36 bits per heavy atom. The van der Waals surface area contributed by atoms with E-state index in [9.17, 15) is 0 Å². The van der Waals surface area contributed by atoms with Gasteiger partial charge in [-0.2, -0.15) is 0 Å². The average Bonchev–Trinajstić information content (AvgIpc) is 2.21. The van der Waals surface area contributed by atoms with Crippen molar-refractivity contribution < 1.29 is 9.47 Å². The first kappa shape index (κ1) is 10.7. The molecule has 3 nitrogen and oxygen atoms in total. The number of unbranched alkanes of at least 4 members (excludes halogenated alkanes) is 1. The van der Waals surface area contributed by atoms with Gasteiger partial charge in [-0.25, -0.2) is 0 Å². The first-order chi connectivity index (χ1) is 6.77. The second kappa shape index (κ2) is 5.37. The van der Waals surface area contributed by atoms with Gasteiger partial charge in [-0.1, -0.05) is 13.3 Å². The van der Waals surface area contributed by atoms with Crippen LogP contribution in [0.25, 0.3) is 0 Å². The lowest BCUT2D eigenvalue weighted by molar-refractivity contribution is 0.308. The van der Waals surface area contributed by atoms with Gasteiger partial charge in [0, 0.05) is 6.07 Å². The van der Waals surface area contributed by atoms with Crippen molar-refractivity contribution in [2.75, 3.05) is 19.5 Å². The summed E-state index contributed by atoms with van der Waals surface area (Å²) in [6, 6.07) is 5.42. The number of benzene rings is 1. The van der Waals surface area contributed by atoms with Gasteiger partial charge < -0.3 is 15.2 Å². The van der Waals surface area contributed by atoms with Crippen LogP contribution >= 0.6 is 0 Å². The Hall–Kier alpha value is -1.38. The normalized spacial score (nSPS) is 9.86. The maximum Gasteiger partial charge on any atom is 0.145 e. The molecule has 78 valence electrons. The van der Waals surface area contributed by atoms with E-state index in [4.69, 9.17) is 15.2 Å². The van der Waals surface area contributed by atoms with E-state index in [0.29, 0.717) is 18.0 Å². The first-order valence-corrected chi connectivity index (χ1v) is 4.84. The summed E-state index contributed by atoms with van der Waals surface area (Å²) in [6.45, 7) is 2.83. The van der Waals surface area contributed by atoms with Crippen LogP contribution in [0.15, 0.2) is 18.2 Å². The zero-order valence-electron chi connectivity index (χ0n) is 8.75. The molecule has 0 aliphatic rings. The fraction of sp³-hybridized carbons (Fsp3) is 0.455. The van der Waals surface area contributed by atoms with E-state index in [1.807, 2.05) is 12.1 Å². The molecule has 0 radical (unpaired) electrons. The van der Waals surface area contributed by atoms with Gasteiger partial charge in [0.15, 0.2) is 0 Å². The SMILES string of the molecule is CCCCOc1cc(OC)ccc1N. The van der Waals surface area contributed by atoms with Crippen LogP contribution in [0.4, 0.5) is 5.69 Å². The summed E-state index contributed by atoms with van der Waals surface area (Å²) in [5.41, 5.74) is 6.40. The van der Waals surface area contributed by atoms with Crippen LogP contribution in [-0.2, 0) is 0 Å². The van der Waals surface area contributed by atoms with E-state index in [1.165, 1.54) is 0 Å². The number of hydrogen-bond donors (Lipinski definition) is 1.